The van der Waals surface area contributed by atoms with E-state index in [-0.39, 0.29) is 24.1 Å². The highest BCUT2D eigenvalue weighted by Crippen LogP contribution is 2.12. The van der Waals surface area contributed by atoms with E-state index >= 15 is 0 Å². The fraction of sp³-hybridized carbons (Fsp3) is 0.643. The molecule has 2 saturated heterocycles. The predicted octanol–water partition coefficient (Wildman–Crippen LogP) is -0.812. The van der Waals surface area contributed by atoms with Gasteiger partial charge in [-0.15, -0.1) is 0 Å². The summed E-state index contributed by atoms with van der Waals surface area (Å²) in [7, 11) is 0. The van der Waals surface area contributed by atoms with Crippen LogP contribution in [0.1, 0.15) is 23.2 Å². The largest absolute Gasteiger partial charge is 0.378 e. The van der Waals surface area contributed by atoms with Crippen LogP contribution in [0.5, 0.6) is 0 Å². The average molecular weight is 309 g/mol. The summed E-state index contributed by atoms with van der Waals surface area (Å²) in [6.45, 7) is 2.63. The molecule has 1 aromatic heterocycles. The highest BCUT2D eigenvalue weighted by atomic mass is 16.5. The van der Waals surface area contributed by atoms with Gasteiger partial charge in [0, 0.05) is 25.9 Å². The van der Waals surface area contributed by atoms with Crippen LogP contribution in [0.4, 0.5) is 0 Å². The SMILES string of the molecule is O=C(c1c[nH]c(=O)n(CC2CCCO2)c1=O)N1CCOCC1. The van der Waals surface area contributed by atoms with Crippen molar-refractivity contribution < 1.29 is 14.3 Å². The van der Waals surface area contributed by atoms with Crippen molar-refractivity contribution >= 4 is 5.91 Å². The Kier molecular flexibility index (Phi) is 4.39. The molecule has 120 valence electrons. The van der Waals surface area contributed by atoms with Crippen molar-refractivity contribution in [1.82, 2.24) is 14.5 Å². The zero-order chi connectivity index (χ0) is 15.5. The number of hydrogen-bond donors (Lipinski definition) is 1. The third-order valence-corrected chi connectivity index (χ3v) is 4.00. The van der Waals surface area contributed by atoms with Crippen molar-refractivity contribution in [3.63, 3.8) is 0 Å². The van der Waals surface area contributed by atoms with Crippen molar-refractivity contribution in [3.8, 4) is 0 Å². The number of nitrogens with zero attached hydrogens (tertiary/aromatic N) is 2. The lowest BCUT2D eigenvalue weighted by atomic mass is 10.2. The number of aromatic nitrogens is 2. The Balaban J connectivity index is 1.86. The number of morpholine rings is 1. The second kappa shape index (κ2) is 6.45. The number of carbonyl (C=O) groups excluding carboxylic acids is 1. The maximum absolute atomic E-state index is 12.5. The summed E-state index contributed by atoms with van der Waals surface area (Å²) in [6.07, 6.45) is 2.79. The van der Waals surface area contributed by atoms with Crippen molar-refractivity contribution in [2.45, 2.75) is 25.5 Å². The van der Waals surface area contributed by atoms with Crippen LogP contribution in [0.3, 0.4) is 0 Å². The molecule has 1 atom stereocenters. The highest BCUT2D eigenvalue weighted by Gasteiger charge is 2.24. The van der Waals surface area contributed by atoms with Crippen molar-refractivity contribution in [1.29, 1.82) is 0 Å². The van der Waals surface area contributed by atoms with Crippen molar-refractivity contribution in [3.05, 3.63) is 32.6 Å². The summed E-state index contributed by atoms with van der Waals surface area (Å²) in [5.41, 5.74) is -1.09. The minimum atomic E-state index is -0.559. The van der Waals surface area contributed by atoms with E-state index in [1.54, 1.807) is 4.90 Å². The van der Waals surface area contributed by atoms with Crippen LogP contribution in [0.25, 0.3) is 0 Å². The maximum atomic E-state index is 12.5. The third-order valence-electron chi connectivity index (χ3n) is 4.00. The normalized spacial score (nSPS) is 22.0. The molecule has 0 saturated carbocycles. The summed E-state index contributed by atoms with van der Waals surface area (Å²) in [6, 6.07) is 0. The Morgan fingerprint density at radius 1 is 1.27 bits per heavy atom. The first-order chi connectivity index (χ1) is 10.7. The number of rotatable bonds is 3. The number of amides is 1. The molecule has 1 N–H and O–H groups in total. The predicted molar refractivity (Wildman–Crippen MR) is 77.0 cm³/mol. The van der Waals surface area contributed by atoms with Crippen LogP contribution in [0.15, 0.2) is 15.8 Å². The van der Waals surface area contributed by atoms with Crippen LogP contribution < -0.4 is 11.2 Å². The highest BCUT2D eigenvalue weighted by molar-refractivity contribution is 5.93. The molecule has 3 heterocycles. The molecule has 0 aromatic carbocycles. The van der Waals surface area contributed by atoms with E-state index in [2.05, 4.69) is 4.98 Å². The molecule has 0 radical (unpaired) electrons. The summed E-state index contributed by atoms with van der Waals surface area (Å²) >= 11 is 0. The second-order valence-electron chi connectivity index (χ2n) is 5.46. The van der Waals surface area contributed by atoms with Gasteiger partial charge in [-0.25, -0.2) is 4.79 Å². The lowest BCUT2D eigenvalue weighted by molar-refractivity contribution is 0.0300. The van der Waals surface area contributed by atoms with E-state index < -0.39 is 11.2 Å². The monoisotopic (exact) mass is 309 g/mol. The Bertz CT molecular complexity index is 653. The van der Waals surface area contributed by atoms with Crippen LogP contribution in [-0.4, -0.2) is 59.4 Å². The third kappa shape index (κ3) is 2.97. The molecule has 1 amide bonds. The Morgan fingerprint density at radius 2 is 2.05 bits per heavy atom. The summed E-state index contributed by atoms with van der Waals surface area (Å²) in [5.74, 6) is -0.370. The molecule has 1 unspecified atom stereocenters. The first-order valence-corrected chi connectivity index (χ1v) is 7.48. The van der Waals surface area contributed by atoms with E-state index in [0.717, 1.165) is 17.4 Å². The summed E-state index contributed by atoms with van der Waals surface area (Å²) < 4.78 is 11.7. The van der Waals surface area contributed by atoms with E-state index in [1.807, 2.05) is 0 Å². The number of ether oxygens (including phenoxy) is 2. The lowest BCUT2D eigenvalue weighted by Gasteiger charge is -2.26. The van der Waals surface area contributed by atoms with E-state index in [1.165, 1.54) is 6.20 Å². The fourth-order valence-electron chi connectivity index (χ4n) is 2.76. The van der Waals surface area contributed by atoms with E-state index in [9.17, 15) is 14.4 Å². The molecule has 22 heavy (non-hydrogen) atoms. The van der Waals surface area contributed by atoms with Gasteiger partial charge in [-0.1, -0.05) is 0 Å². The molecule has 0 aliphatic carbocycles. The topological polar surface area (TPSA) is 93.6 Å². The molecule has 1 aromatic rings. The second-order valence-corrected chi connectivity index (χ2v) is 5.46. The number of H-pyrrole nitrogens is 1. The van der Waals surface area contributed by atoms with Gasteiger partial charge < -0.3 is 19.4 Å². The van der Waals surface area contributed by atoms with Gasteiger partial charge in [0.15, 0.2) is 0 Å². The molecular weight excluding hydrogens is 290 g/mol. The van der Waals surface area contributed by atoms with Gasteiger partial charge in [-0.05, 0) is 12.8 Å². The Labute approximate surface area is 126 Å². The van der Waals surface area contributed by atoms with Crippen molar-refractivity contribution in [2.75, 3.05) is 32.9 Å². The van der Waals surface area contributed by atoms with Gasteiger partial charge >= 0.3 is 5.69 Å². The quantitative estimate of drug-likeness (QED) is 0.788. The Hall–Kier alpha value is -1.93. The standard InChI is InChI=1S/C14H19N3O5/c18-12(16-3-6-21-7-4-16)11-8-15-14(20)17(13(11)19)9-10-2-1-5-22-10/h8,10H,1-7,9H2,(H,15,20). The lowest BCUT2D eigenvalue weighted by Crippen LogP contribution is -2.46. The Morgan fingerprint density at radius 3 is 2.73 bits per heavy atom. The van der Waals surface area contributed by atoms with Gasteiger partial charge in [-0.3, -0.25) is 14.2 Å². The average Bonchev–Trinajstić information content (AvgIpc) is 3.05. The number of aromatic amines is 1. The zero-order valence-corrected chi connectivity index (χ0v) is 12.2. The molecule has 0 spiro atoms. The smallest absolute Gasteiger partial charge is 0.328 e. The van der Waals surface area contributed by atoms with Crippen LogP contribution in [0.2, 0.25) is 0 Å². The number of nitrogens with one attached hydrogen (secondary N) is 1. The van der Waals surface area contributed by atoms with Gasteiger partial charge in [0.1, 0.15) is 5.56 Å². The summed E-state index contributed by atoms with van der Waals surface area (Å²) in [4.78, 5) is 40.8. The van der Waals surface area contributed by atoms with Crippen LogP contribution in [-0.2, 0) is 16.0 Å². The van der Waals surface area contributed by atoms with Crippen molar-refractivity contribution in [2.24, 2.45) is 0 Å². The molecule has 2 fully saturated rings. The molecule has 2 aliphatic rings. The molecule has 8 nitrogen and oxygen atoms in total. The zero-order valence-electron chi connectivity index (χ0n) is 12.2. The van der Waals surface area contributed by atoms with Gasteiger partial charge in [0.05, 0.1) is 25.9 Å². The number of hydrogen-bond acceptors (Lipinski definition) is 5. The fourth-order valence-corrected chi connectivity index (χ4v) is 2.76. The van der Waals surface area contributed by atoms with Gasteiger partial charge in [-0.2, -0.15) is 0 Å². The molecule has 0 bridgehead atoms. The minimum absolute atomic E-state index is 0.0144. The van der Waals surface area contributed by atoms with E-state index in [4.69, 9.17) is 9.47 Å². The first-order valence-electron chi connectivity index (χ1n) is 7.48. The van der Waals surface area contributed by atoms with Crippen LogP contribution in [0, 0.1) is 0 Å². The molecule has 2 aliphatic heterocycles. The first kappa shape index (κ1) is 15.0. The summed E-state index contributed by atoms with van der Waals surface area (Å²) in [5, 5.41) is 0. The molecular formula is C14H19N3O5. The van der Waals surface area contributed by atoms with Crippen LogP contribution >= 0.6 is 0 Å². The number of carbonyl (C=O) groups is 1. The molecule has 3 rings (SSSR count). The van der Waals surface area contributed by atoms with E-state index in [0.29, 0.717) is 32.9 Å². The maximum Gasteiger partial charge on any atom is 0.328 e. The minimum Gasteiger partial charge on any atom is -0.378 e. The van der Waals surface area contributed by atoms with Gasteiger partial charge in [0.25, 0.3) is 11.5 Å². The molecule has 8 heteroatoms. The van der Waals surface area contributed by atoms with Gasteiger partial charge in [0.2, 0.25) is 0 Å².